The summed E-state index contributed by atoms with van der Waals surface area (Å²) in [5.41, 5.74) is 0.699. The monoisotopic (exact) mass is 382 g/mol. The van der Waals surface area contributed by atoms with E-state index in [0.29, 0.717) is 11.1 Å². The first kappa shape index (κ1) is 17.7. The highest BCUT2D eigenvalue weighted by molar-refractivity contribution is 6.01. The highest BCUT2D eigenvalue weighted by atomic mass is 19.4. The molecular weight excluding hydrogens is 369 g/mol. The van der Waals surface area contributed by atoms with Gasteiger partial charge >= 0.3 is 30.1 Å². The van der Waals surface area contributed by atoms with Crippen LogP contribution in [0.25, 0.3) is 0 Å². The number of alkyl halides is 3. The van der Waals surface area contributed by atoms with Gasteiger partial charge in [-0.3, -0.25) is 19.2 Å². The normalized spacial score (nSPS) is 32.8. The summed E-state index contributed by atoms with van der Waals surface area (Å²) in [5.74, 6) is -9.80. The van der Waals surface area contributed by atoms with Crippen molar-refractivity contribution in [2.45, 2.75) is 30.9 Å². The summed E-state index contributed by atoms with van der Waals surface area (Å²) < 4.78 is 49.1. The SMILES string of the molecule is O=C1CC(C2c3ccccc3C3C(=O)OC(=O)C3C2CC(F)(F)F)C(=O)O1. The van der Waals surface area contributed by atoms with Gasteiger partial charge in [0.2, 0.25) is 0 Å². The molecule has 142 valence electrons. The fraction of sp³-hybridized carbons (Fsp3) is 0.444. The van der Waals surface area contributed by atoms with E-state index in [1.54, 1.807) is 12.1 Å². The van der Waals surface area contributed by atoms with Gasteiger partial charge in [-0.05, 0) is 17.0 Å². The first-order valence-electron chi connectivity index (χ1n) is 8.33. The number of halogens is 3. The molecule has 27 heavy (non-hydrogen) atoms. The zero-order valence-electron chi connectivity index (χ0n) is 13.7. The maximum atomic E-state index is 13.3. The summed E-state index contributed by atoms with van der Waals surface area (Å²) >= 11 is 0. The lowest BCUT2D eigenvalue weighted by molar-refractivity contribution is -0.163. The maximum Gasteiger partial charge on any atom is 0.389 e. The maximum absolute atomic E-state index is 13.3. The zero-order valence-corrected chi connectivity index (χ0v) is 13.7. The van der Waals surface area contributed by atoms with E-state index in [9.17, 15) is 32.3 Å². The van der Waals surface area contributed by atoms with Gasteiger partial charge in [0.05, 0.1) is 24.2 Å². The Morgan fingerprint density at radius 2 is 1.56 bits per heavy atom. The molecule has 0 N–H and O–H groups in total. The average Bonchev–Trinajstić information content (AvgIpc) is 3.05. The summed E-state index contributed by atoms with van der Waals surface area (Å²) in [4.78, 5) is 48.1. The van der Waals surface area contributed by atoms with Crippen LogP contribution in [0.5, 0.6) is 0 Å². The molecule has 2 heterocycles. The molecule has 4 rings (SSSR count). The van der Waals surface area contributed by atoms with Gasteiger partial charge in [-0.1, -0.05) is 24.3 Å². The highest BCUT2D eigenvalue weighted by Gasteiger charge is 2.60. The largest absolute Gasteiger partial charge is 0.393 e. The summed E-state index contributed by atoms with van der Waals surface area (Å²) in [7, 11) is 0. The number of cyclic esters (lactones) is 4. The molecule has 9 heteroatoms. The van der Waals surface area contributed by atoms with Crippen molar-refractivity contribution in [3.8, 4) is 0 Å². The number of benzene rings is 1. The van der Waals surface area contributed by atoms with Crippen LogP contribution in [0.15, 0.2) is 24.3 Å². The lowest BCUT2D eigenvalue weighted by atomic mass is 9.60. The molecule has 2 fully saturated rings. The first-order valence-corrected chi connectivity index (χ1v) is 8.33. The van der Waals surface area contributed by atoms with Gasteiger partial charge in [-0.2, -0.15) is 13.2 Å². The van der Waals surface area contributed by atoms with Gasteiger partial charge in [0.25, 0.3) is 0 Å². The van der Waals surface area contributed by atoms with Crippen LogP contribution < -0.4 is 0 Å². The topological polar surface area (TPSA) is 86.7 Å². The molecular formula is C18H13F3O6. The molecule has 5 unspecified atom stereocenters. The number of rotatable bonds is 2. The van der Waals surface area contributed by atoms with Crippen LogP contribution in [0.1, 0.15) is 35.8 Å². The Hall–Kier alpha value is -2.71. The van der Waals surface area contributed by atoms with Crippen LogP contribution in [0, 0.1) is 17.8 Å². The summed E-state index contributed by atoms with van der Waals surface area (Å²) in [5, 5.41) is 0. The fourth-order valence-electron chi connectivity index (χ4n) is 4.61. The molecule has 2 aliphatic heterocycles. The molecule has 0 saturated carbocycles. The zero-order chi connectivity index (χ0) is 19.5. The van der Waals surface area contributed by atoms with Crippen molar-refractivity contribution in [1.82, 2.24) is 0 Å². The van der Waals surface area contributed by atoms with E-state index in [4.69, 9.17) is 0 Å². The van der Waals surface area contributed by atoms with Crippen LogP contribution >= 0.6 is 0 Å². The van der Waals surface area contributed by atoms with Crippen LogP contribution in [0.2, 0.25) is 0 Å². The third kappa shape index (κ3) is 2.81. The van der Waals surface area contributed by atoms with Crippen LogP contribution in [0.4, 0.5) is 13.2 Å². The minimum Gasteiger partial charge on any atom is -0.393 e. The van der Waals surface area contributed by atoms with Crippen molar-refractivity contribution < 1.29 is 41.8 Å². The minimum atomic E-state index is -4.64. The number of hydrogen-bond donors (Lipinski definition) is 0. The second-order valence-electron chi connectivity index (χ2n) is 6.99. The van der Waals surface area contributed by atoms with Crippen molar-refractivity contribution >= 4 is 23.9 Å². The van der Waals surface area contributed by atoms with Gasteiger partial charge in [-0.25, -0.2) is 0 Å². The fourth-order valence-corrected chi connectivity index (χ4v) is 4.61. The number of fused-ring (bicyclic) bond motifs is 3. The average molecular weight is 382 g/mol. The van der Waals surface area contributed by atoms with E-state index in [2.05, 4.69) is 9.47 Å². The first-order chi connectivity index (χ1) is 12.7. The number of carbonyl (C=O) groups excluding carboxylic acids is 4. The number of esters is 4. The van der Waals surface area contributed by atoms with E-state index in [-0.39, 0.29) is 6.42 Å². The van der Waals surface area contributed by atoms with Gasteiger partial charge in [-0.15, -0.1) is 0 Å². The van der Waals surface area contributed by atoms with E-state index in [0.717, 1.165) is 0 Å². The molecule has 0 spiro atoms. The Morgan fingerprint density at radius 1 is 0.889 bits per heavy atom. The van der Waals surface area contributed by atoms with Crippen molar-refractivity contribution in [3.63, 3.8) is 0 Å². The van der Waals surface area contributed by atoms with E-state index >= 15 is 0 Å². The standard InChI is InChI=1S/C18H13F3O6/c19-18(20,21)6-10-12(9-5-11(22)26-15(9)23)7-3-1-2-4-8(7)13-14(10)17(25)27-16(13)24/h1-4,9-10,12-14H,5-6H2. The molecule has 3 aliphatic rings. The highest BCUT2D eigenvalue weighted by Crippen LogP contribution is 2.56. The second kappa shape index (κ2) is 5.90. The molecule has 1 aromatic rings. The quantitative estimate of drug-likeness (QED) is 0.576. The Bertz CT molecular complexity index is 861. The van der Waals surface area contributed by atoms with Crippen LogP contribution in [-0.2, 0) is 28.7 Å². The predicted molar refractivity (Wildman–Crippen MR) is 79.9 cm³/mol. The van der Waals surface area contributed by atoms with Crippen LogP contribution in [0.3, 0.4) is 0 Å². The number of carbonyl (C=O) groups is 4. The van der Waals surface area contributed by atoms with Crippen molar-refractivity contribution in [2.75, 3.05) is 0 Å². The smallest absolute Gasteiger partial charge is 0.389 e. The van der Waals surface area contributed by atoms with Crippen molar-refractivity contribution in [1.29, 1.82) is 0 Å². The molecule has 6 nitrogen and oxygen atoms in total. The molecule has 0 aromatic heterocycles. The lowest BCUT2D eigenvalue weighted by Crippen LogP contribution is -2.41. The Balaban J connectivity index is 1.90. The minimum absolute atomic E-state index is 0.344. The molecule has 0 bridgehead atoms. The Kier molecular flexibility index (Phi) is 3.87. The number of hydrogen-bond acceptors (Lipinski definition) is 6. The van der Waals surface area contributed by atoms with Crippen LogP contribution in [-0.4, -0.2) is 30.1 Å². The van der Waals surface area contributed by atoms with Gasteiger partial charge in [0.1, 0.15) is 0 Å². The van der Waals surface area contributed by atoms with Gasteiger partial charge in [0.15, 0.2) is 0 Å². The third-order valence-electron chi connectivity index (χ3n) is 5.50. The predicted octanol–water partition coefficient (Wildman–Crippen LogP) is 2.23. The molecule has 1 aliphatic carbocycles. The Labute approximate surface area is 150 Å². The van der Waals surface area contributed by atoms with E-state index < -0.39 is 66.1 Å². The summed E-state index contributed by atoms with van der Waals surface area (Å²) in [6.07, 6.45) is -6.39. The Morgan fingerprint density at radius 3 is 2.15 bits per heavy atom. The van der Waals surface area contributed by atoms with Crippen molar-refractivity contribution in [3.05, 3.63) is 35.4 Å². The molecule has 1 aromatic carbocycles. The van der Waals surface area contributed by atoms with E-state index in [1.807, 2.05) is 0 Å². The van der Waals surface area contributed by atoms with Gasteiger partial charge in [0, 0.05) is 12.3 Å². The molecule has 0 amide bonds. The molecule has 2 saturated heterocycles. The number of ether oxygens (including phenoxy) is 2. The molecule has 0 radical (unpaired) electrons. The summed E-state index contributed by atoms with van der Waals surface area (Å²) in [6, 6.07) is 6.21. The second-order valence-corrected chi connectivity index (χ2v) is 6.99. The summed E-state index contributed by atoms with van der Waals surface area (Å²) in [6.45, 7) is 0. The lowest BCUT2D eigenvalue weighted by Gasteiger charge is -2.40. The third-order valence-corrected chi connectivity index (χ3v) is 5.50. The van der Waals surface area contributed by atoms with Gasteiger partial charge < -0.3 is 9.47 Å². The van der Waals surface area contributed by atoms with Crippen molar-refractivity contribution in [2.24, 2.45) is 17.8 Å². The molecule has 5 atom stereocenters. The van der Waals surface area contributed by atoms with E-state index in [1.165, 1.54) is 12.1 Å².